The van der Waals surface area contributed by atoms with Crippen LogP contribution in [0.4, 0.5) is 4.39 Å². The van der Waals surface area contributed by atoms with E-state index in [4.69, 9.17) is 11.6 Å². The van der Waals surface area contributed by atoms with Crippen LogP contribution >= 0.6 is 22.9 Å². The Labute approximate surface area is 115 Å². The molecule has 0 aliphatic rings. The van der Waals surface area contributed by atoms with Crippen LogP contribution in [-0.4, -0.2) is 11.5 Å². The number of halogens is 2. The first kappa shape index (κ1) is 13.5. The lowest BCUT2D eigenvalue weighted by Crippen LogP contribution is -2.23. The zero-order valence-corrected chi connectivity index (χ0v) is 11.8. The Bertz CT molecular complexity index is 542. The molecular formula is C13H14ClFN2S. The Morgan fingerprint density at radius 1 is 1.50 bits per heavy atom. The van der Waals surface area contributed by atoms with Gasteiger partial charge in [0.15, 0.2) is 0 Å². The summed E-state index contributed by atoms with van der Waals surface area (Å²) in [6, 6.07) is 4.35. The normalized spacial score (nSPS) is 12.7. The van der Waals surface area contributed by atoms with E-state index in [0.29, 0.717) is 10.6 Å². The molecule has 1 N–H and O–H groups in total. The number of benzene rings is 1. The largest absolute Gasteiger partial charge is 0.304 e. The van der Waals surface area contributed by atoms with Crippen molar-refractivity contribution in [2.75, 3.05) is 6.54 Å². The molecule has 0 aliphatic carbocycles. The highest BCUT2D eigenvalue weighted by Gasteiger charge is 2.20. The molecule has 18 heavy (non-hydrogen) atoms. The topological polar surface area (TPSA) is 24.9 Å². The fourth-order valence-corrected chi connectivity index (χ4v) is 2.84. The highest BCUT2D eigenvalue weighted by Crippen LogP contribution is 2.28. The number of hydrogen-bond donors (Lipinski definition) is 1. The lowest BCUT2D eigenvalue weighted by atomic mass is 10.1. The van der Waals surface area contributed by atoms with Gasteiger partial charge in [-0.2, -0.15) is 0 Å². The fourth-order valence-electron chi connectivity index (χ4n) is 1.78. The molecule has 1 aromatic carbocycles. The second-order valence-electron chi connectivity index (χ2n) is 3.98. The molecule has 5 heteroatoms. The maximum absolute atomic E-state index is 13.9. The molecule has 1 aromatic heterocycles. The summed E-state index contributed by atoms with van der Waals surface area (Å²) in [6.45, 7) is 4.64. The third-order valence-electron chi connectivity index (χ3n) is 2.56. The molecule has 1 unspecified atom stereocenters. The van der Waals surface area contributed by atoms with Crippen molar-refractivity contribution in [1.82, 2.24) is 10.3 Å². The van der Waals surface area contributed by atoms with Gasteiger partial charge < -0.3 is 5.32 Å². The summed E-state index contributed by atoms with van der Waals surface area (Å²) < 4.78 is 13.9. The summed E-state index contributed by atoms with van der Waals surface area (Å²) in [7, 11) is 0. The van der Waals surface area contributed by atoms with E-state index in [1.165, 1.54) is 17.4 Å². The second-order valence-corrected chi connectivity index (χ2v) is 5.31. The van der Waals surface area contributed by atoms with E-state index in [2.05, 4.69) is 10.3 Å². The van der Waals surface area contributed by atoms with Crippen LogP contribution in [0, 0.1) is 12.7 Å². The van der Waals surface area contributed by atoms with Crippen LogP contribution in [0.25, 0.3) is 0 Å². The Kier molecular flexibility index (Phi) is 4.32. The van der Waals surface area contributed by atoms with Gasteiger partial charge in [-0.1, -0.05) is 18.5 Å². The lowest BCUT2D eigenvalue weighted by Gasteiger charge is -2.16. The molecule has 0 spiro atoms. The Morgan fingerprint density at radius 2 is 2.28 bits per heavy atom. The molecule has 0 amide bonds. The highest BCUT2D eigenvalue weighted by atomic mass is 35.5. The van der Waals surface area contributed by atoms with Gasteiger partial charge in [-0.05, 0) is 31.7 Å². The fraction of sp³-hybridized carbons (Fsp3) is 0.308. The van der Waals surface area contributed by atoms with Crippen molar-refractivity contribution < 1.29 is 4.39 Å². The molecule has 1 heterocycles. The predicted octanol–water partition coefficient (Wildman–Crippen LogP) is 3.94. The first-order valence-corrected chi connectivity index (χ1v) is 6.98. The molecule has 0 saturated carbocycles. The number of nitrogens with one attached hydrogen (secondary N) is 1. The molecule has 0 radical (unpaired) electrons. The maximum Gasteiger partial charge on any atom is 0.128 e. The Hall–Kier alpha value is -0.970. The Morgan fingerprint density at radius 3 is 2.89 bits per heavy atom. The molecule has 0 aliphatic heterocycles. The number of hydrogen-bond acceptors (Lipinski definition) is 3. The zero-order chi connectivity index (χ0) is 13.1. The van der Waals surface area contributed by atoms with Crippen LogP contribution < -0.4 is 5.32 Å². The molecule has 96 valence electrons. The zero-order valence-electron chi connectivity index (χ0n) is 10.2. The van der Waals surface area contributed by atoms with E-state index in [0.717, 1.165) is 17.2 Å². The standard InChI is InChI=1S/C13H14ClFN2S/c1-3-16-12(13-17-8(2)7-18-13)10-6-9(14)4-5-11(10)15/h4-7,12,16H,3H2,1-2H3. The summed E-state index contributed by atoms with van der Waals surface area (Å²) in [6.07, 6.45) is 0. The quantitative estimate of drug-likeness (QED) is 0.920. The predicted molar refractivity (Wildman–Crippen MR) is 73.8 cm³/mol. The first-order valence-electron chi connectivity index (χ1n) is 5.72. The van der Waals surface area contributed by atoms with E-state index in [1.807, 2.05) is 19.2 Å². The van der Waals surface area contributed by atoms with E-state index in [-0.39, 0.29) is 11.9 Å². The molecule has 2 aromatic rings. The molecule has 0 bridgehead atoms. The average Bonchev–Trinajstić information content (AvgIpc) is 2.76. The van der Waals surface area contributed by atoms with Gasteiger partial charge in [-0.3, -0.25) is 0 Å². The van der Waals surface area contributed by atoms with Gasteiger partial charge in [0, 0.05) is 21.7 Å². The van der Waals surface area contributed by atoms with E-state index in [1.54, 1.807) is 12.1 Å². The molecule has 0 fully saturated rings. The Balaban J connectivity index is 2.44. The molecule has 2 nitrogen and oxygen atoms in total. The van der Waals surface area contributed by atoms with Crippen molar-refractivity contribution in [2.45, 2.75) is 19.9 Å². The van der Waals surface area contributed by atoms with Crippen LogP contribution in [0.2, 0.25) is 5.02 Å². The summed E-state index contributed by atoms with van der Waals surface area (Å²) >= 11 is 7.47. The van der Waals surface area contributed by atoms with Crippen LogP contribution in [0.3, 0.4) is 0 Å². The smallest absolute Gasteiger partial charge is 0.128 e. The molecule has 1 atom stereocenters. The van der Waals surface area contributed by atoms with Gasteiger partial charge in [0.1, 0.15) is 10.8 Å². The van der Waals surface area contributed by atoms with Crippen molar-refractivity contribution in [3.8, 4) is 0 Å². The summed E-state index contributed by atoms with van der Waals surface area (Å²) in [5.74, 6) is -0.266. The minimum absolute atomic E-state index is 0.243. The van der Waals surface area contributed by atoms with E-state index >= 15 is 0 Å². The lowest BCUT2D eigenvalue weighted by molar-refractivity contribution is 0.557. The second kappa shape index (κ2) is 5.78. The summed E-state index contributed by atoms with van der Waals surface area (Å²) in [4.78, 5) is 4.42. The SMILES string of the molecule is CCNC(c1nc(C)cs1)c1cc(Cl)ccc1F. The third-order valence-corrected chi connectivity index (χ3v) is 3.82. The monoisotopic (exact) mass is 284 g/mol. The molecule has 0 saturated heterocycles. The number of rotatable bonds is 4. The minimum atomic E-state index is -0.266. The van der Waals surface area contributed by atoms with Gasteiger partial charge in [0.25, 0.3) is 0 Å². The average molecular weight is 285 g/mol. The number of aryl methyl sites for hydroxylation is 1. The van der Waals surface area contributed by atoms with E-state index in [9.17, 15) is 4.39 Å². The highest BCUT2D eigenvalue weighted by molar-refractivity contribution is 7.09. The minimum Gasteiger partial charge on any atom is -0.304 e. The van der Waals surface area contributed by atoms with E-state index < -0.39 is 0 Å². The third kappa shape index (κ3) is 2.88. The first-order chi connectivity index (χ1) is 8.61. The van der Waals surface area contributed by atoms with Gasteiger partial charge in [-0.15, -0.1) is 11.3 Å². The summed E-state index contributed by atoms with van der Waals surface area (Å²) in [5.41, 5.74) is 1.49. The maximum atomic E-state index is 13.9. The molecule has 2 rings (SSSR count). The van der Waals surface area contributed by atoms with Crippen molar-refractivity contribution in [3.63, 3.8) is 0 Å². The van der Waals surface area contributed by atoms with Gasteiger partial charge in [-0.25, -0.2) is 9.37 Å². The summed E-state index contributed by atoms with van der Waals surface area (Å²) in [5, 5.41) is 6.59. The van der Waals surface area contributed by atoms with Crippen molar-refractivity contribution >= 4 is 22.9 Å². The van der Waals surface area contributed by atoms with Crippen molar-refractivity contribution in [1.29, 1.82) is 0 Å². The van der Waals surface area contributed by atoms with Gasteiger partial charge >= 0.3 is 0 Å². The van der Waals surface area contributed by atoms with Gasteiger partial charge in [0.05, 0.1) is 6.04 Å². The van der Waals surface area contributed by atoms with Crippen molar-refractivity contribution in [3.05, 3.63) is 50.7 Å². The van der Waals surface area contributed by atoms with Gasteiger partial charge in [0.2, 0.25) is 0 Å². The van der Waals surface area contributed by atoms with Crippen molar-refractivity contribution in [2.24, 2.45) is 0 Å². The van der Waals surface area contributed by atoms with Crippen LogP contribution in [0.5, 0.6) is 0 Å². The van der Waals surface area contributed by atoms with Crippen LogP contribution in [-0.2, 0) is 0 Å². The number of nitrogens with zero attached hydrogens (tertiary/aromatic N) is 1. The number of thiazole rings is 1. The number of aromatic nitrogens is 1. The van der Waals surface area contributed by atoms with Crippen LogP contribution in [0.15, 0.2) is 23.6 Å². The molecular weight excluding hydrogens is 271 g/mol. The van der Waals surface area contributed by atoms with Crippen LogP contribution in [0.1, 0.15) is 29.2 Å².